The third-order valence-corrected chi connectivity index (χ3v) is 2.03. The monoisotopic (exact) mass is 224 g/mol. The Balaban J connectivity index is 3.20. The topological polar surface area (TPSA) is 52.1 Å². The molecular weight excluding hydrogens is 208 g/mol. The standard InChI is InChI=1S/C11H16N2O3/c1-12-13-7-8-5-9(14-2)11(16-4)10(6-8)15-3/h5-7,12H,1-4H3/b13-7+. The zero-order chi connectivity index (χ0) is 12.0. The molecule has 0 saturated heterocycles. The average Bonchev–Trinajstić information content (AvgIpc) is 2.34. The number of hydrogen-bond donors (Lipinski definition) is 1. The molecule has 1 aromatic rings. The van der Waals surface area contributed by atoms with Crippen LogP contribution in [0.2, 0.25) is 0 Å². The molecule has 16 heavy (non-hydrogen) atoms. The van der Waals surface area contributed by atoms with Gasteiger partial charge in [-0.15, -0.1) is 0 Å². The van der Waals surface area contributed by atoms with Gasteiger partial charge in [0.1, 0.15) is 0 Å². The molecule has 1 N–H and O–H groups in total. The normalized spacial score (nSPS) is 10.2. The molecule has 0 amide bonds. The highest BCUT2D eigenvalue weighted by Crippen LogP contribution is 2.37. The van der Waals surface area contributed by atoms with Crippen LogP contribution in [-0.2, 0) is 0 Å². The third kappa shape index (κ3) is 2.56. The number of hydrogen-bond acceptors (Lipinski definition) is 5. The molecule has 1 aromatic carbocycles. The fourth-order valence-electron chi connectivity index (χ4n) is 1.31. The van der Waals surface area contributed by atoms with Gasteiger partial charge in [0.15, 0.2) is 11.5 Å². The lowest BCUT2D eigenvalue weighted by Crippen LogP contribution is -1.98. The summed E-state index contributed by atoms with van der Waals surface area (Å²) in [7, 11) is 6.46. The molecule has 5 heteroatoms. The molecule has 0 aliphatic heterocycles. The Morgan fingerprint density at radius 2 is 1.62 bits per heavy atom. The Kier molecular flexibility index (Phi) is 4.44. The van der Waals surface area contributed by atoms with Crippen molar-refractivity contribution >= 4 is 6.21 Å². The first-order chi connectivity index (χ1) is 7.76. The predicted molar refractivity (Wildman–Crippen MR) is 62.8 cm³/mol. The second kappa shape index (κ2) is 5.85. The van der Waals surface area contributed by atoms with E-state index in [1.54, 1.807) is 34.6 Å². The summed E-state index contributed by atoms with van der Waals surface area (Å²) in [6, 6.07) is 3.64. The Bertz CT molecular complexity index is 352. The molecule has 0 unspecified atom stereocenters. The molecule has 5 nitrogen and oxygen atoms in total. The van der Waals surface area contributed by atoms with Crippen molar-refractivity contribution in [1.29, 1.82) is 0 Å². The largest absolute Gasteiger partial charge is 0.493 e. The molecule has 0 spiro atoms. The van der Waals surface area contributed by atoms with Crippen molar-refractivity contribution in [2.45, 2.75) is 0 Å². The number of hydrazone groups is 1. The van der Waals surface area contributed by atoms with E-state index in [-0.39, 0.29) is 0 Å². The smallest absolute Gasteiger partial charge is 0.203 e. The van der Waals surface area contributed by atoms with Gasteiger partial charge in [-0.25, -0.2) is 0 Å². The lowest BCUT2D eigenvalue weighted by Gasteiger charge is -2.12. The minimum absolute atomic E-state index is 0.576. The molecule has 0 bridgehead atoms. The molecular formula is C11H16N2O3. The molecule has 0 aliphatic rings. The Morgan fingerprint density at radius 3 is 2.00 bits per heavy atom. The molecule has 0 saturated carbocycles. The molecule has 88 valence electrons. The highest BCUT2D eigenvalue weighted by Gasteiger charge is 2.11. The molecule has 0 fully saturated rings. The van der Waals surface area contributed by atoms with E-state index in [9.17, 15) is 0 Å². The van der Waals surface area contributed by atoms with Gasteiger partial charge in [-0.1, -0.05) is 0 Å². The zero-order valence-electron chi connectivity index (χ0n) is 9.90. The van der Waals surface area contributed by atoms with Gasteiger partial charge in [0.25, 0.3) is 0 Å². The summed E-state index contributed by atoms with van der Waals surface area (Å²) in [6.07, 6.45) is 1.67. The highest BCUT2D eigenvalue weighted by molar-refractivity contribution is 5.82. The third-order valence-electron chi connectivity index (χ3n) is 2.03. The van der Waals surface area contributed by atoms with Crippen LogP contribution in [0.15, 0.2) is 17.2 Å². The lowest BCUT2D eigenvalue weighted by atomic mass is 10.2. The minimum Gasteiger partial charge on any atom is -0.493 e. The van der Waals surface area contributed by atoms with E-state index in [4.69, 9.17) is 14.2 Å². The Morgan fingerprint density at radius 1 is 1.06 bits per heavy atom. The molecule has 1 rings (SSSR count). The van der Waals surface area contributed by atoms with E-state index in [1.807, 2.05) is 12.1 Å². The molecule has 0 radical (unpaired) electrons. The first-order valence-electron chi connectivity index (χ1n) is 4.76. The molecule has 0 aliphatic carbocycles. The summed E-state index contributed by atoms with van der Waals surface area (Å²) < 4.78 is 15.6. The summed E-state index contributed by atoms with van der Waals surface area (Å²) in [5.74, 6) is 1.80. The average molecular weight is 224 g/mol. The van der Waals surface area contributed by atoms with Crippen molar-refractivity contribution in [3.05, 3.63) is 17.7 Å². The highest BCUT2D eigenvalue weighted by atomic mass is 16.5. The fourth-order valence-corrected chi connectivity index (χ4v) is 1.31. The van der Waals surface area contributed by atoms with Crippen molar-refractivity contribution in [2.24, 2.45) is 5.10 Å². The minimum atomic E-state index is 0.576. The summed E-state index contributed by atoms with van der Waals surface area (Å²) >= 11 is 0. The number of nitrogens with one attached hydrogen (secondary N) is 1. The summed E-state index contributed by atoms with van der Waals surface area (Å²) in [5.41, 5.74) is 3.54. The van der Waals surface area contributed by atoms with E-state index in [0.29, 0.717) is 17.2 Å². The lowest BCUT2D eigenvalue weighted by molar-refractivity contribution is 0.324. The first kappa shape index (κ1) is 12.2. The van der Waals surface area contributed by atoms with Crippen LogP contribution in [0.5, 0.6) is 17.2 Å². The van der Waals surface area contributed by atoms with Gasteiger partial charge in [-0.2, -0.15) is 5.10 Å². The van der Waals surface area contributed by atoms with Crippen LogP contribution >= 0.6 is 0 Å². The van der Waals surface area contributed by atoms with Crippen LogP contribution in [-0.4, -0.2) is 34.6 Å². The molecule has 0 aromatic heterocycles. The quantitative estimate of drug-likeness (QED) is 0.604. The van der Waals surface area contributed by atoms with Crippen LogP contribution in [0.1, 0.15) is 5.56 Å². The van der Waals surface area contributed by atoms with Gasteiger partial charge in [-0.05, 0) is 12.1 Å². The summed E-state index contributed by atoms with van der Waals surface area (Å²) in [4.78, 5) is 0. The van der Waals surface area contributed by atoms with Crippen LogP contribution in [0.25, 0.3) is 0 Å². The molecule has 0 heterocycles. The van der Waals surface area contributed by atoms with E-state index in [2.05, 4.69) is 10.5 Å². The van der Waals surface area contributed by atoms with Gasteiger partial charge < -0.3 is 19.6 Å². The summed E-state index contributed by atoms with van der Waals surface area (Å²) in [6.45, 7) is 0. The van der Waals surface area contributed by atoms with E-state index in [1.165, 1.54) is 0 Å². The van der Waals surface area contributed by atoms with Crippen molar-refractivity contribution in [3.63, 3.8) is 0 Å². The number of rotatable bonds is 5. The predicted octanol–water partition coefficient (Wildman–Crippen LogP) is 1.27. The van der Waals surface area contributed by atoms with Crippen molar-refractivity contribution in [2.75, 3.05) is 28.4 Å². The number of methoxy groups -OCH3 is 3. The number of nitrogens with zero attached hydrogens (tertiary/aromatic N) is 1. The van der Waals surface area contributed by atoms with Gasteiger partial charge in [0.05, 0.1) is 27.5 Å². The maximum Gasteiger partial charge on any atom is 0.203 e. The second-order valence-corrected chi connectivity index (χ2v) is 2.94. The van der Waals surface area contributed by atoms with E-state index < -0.39 is 0 Å². The van der Waals surface area contributed by atoms with Gasteiger partial charge >= 0.3 is 0 Å². The van der Waals surface area contributed by atoms with E-state index >= 15 is 0 Å². The van der Waals surface area contributed by atoms with Crippen LogP contribution in [0.4, 0.5) is 0 Å². The Hall–Kier alpha value is -1.91. The van der Waals surface area contributed by atoms with Crippen LogP contribution in [0, 0.1) is 0 Å². The van der Waals surface area contributed by atoms with Crippen molar-refractivity contribution in [3.8, 4) is 17.2 Å². The number of benzene rings is 1. The van der Waals surface area contributed by atoms with Crippen LogP contribution < -0.4 is 19.6 Å². The van der Waals surface area contributed by atoms with Gasteiger partial charge in [-0.3, -0.25) is 0 Å². The fraction of sp³-hybridized carbons (Fsp3) is 0.364. The second-order valence-electron chi connectivity index (χ2n) is 2.94. The Labute approximate surface area is 95.0 Å². The van der Waals surface area contributed by atoms with Gasteiger partial charge in [0.2, 0.25) is 5.75 Å². The van der Waals surface area contributed by atoms with E-state index in [0.717, 1.165) is 5.56 Å². The van der Waals surface area contributed by atoms with Gasteiger partial charge in [0, 0.05) is 12.6 Å². The SMILES string of the molecule is CN/N=C/c1cc(OC)c(OC)c(OC)c1. The first-order valence-corrected chi connectivity index (χ1v) is 4.76. The zero-order valence-corrected chi connectivity index (χ0v) is 9.90. The summed E-state index contributed by atoms with van der Waals surface area (Å²) in [5, 5.41) is 3.92. The maximum absolute atomic E-state index is 5.21. The van der Waals surface area contributed by atoms with Crippen molar-refractivity contribution < 1.29 is 14.2 Å². The maximum atomic E-state index is 5.21. The number of ether oxygens (including phenoxy) is 3. The molecule has 0 atom stereocenters. The van der Waals surface area contributed by atoms with Crippen molar-refractivity contribution in [1.82, 2.24) is 5.43 Å². The van der Waals surface area contributed by atoms with Crippen LogP contribution in [0.3, 0.4) is 0 Å².